The van der Waals surface area contributed by atoms with Gasteiger partial charge in [0.15, 0.2) is 0 Å². The van der Waals surface area contributed by atoms with Gasteiger partial charge in [-0.3, -0.25) is 13.9 Å². The number of nitrogens with one attached hydrogen (secondary N) is 1. The fourth-order valence-corrected chi connectivity index (χ4v) is 4.97. The summed E-state index contributed by atoms with van der Waals surface area (Å²) in [6.07, 6.45) is 1.14. The Morgan fingerprint density at radius 2 is 1.68 bits per heavy atom. The second-order valence-corrected chi connectivity index (χ2v) is 10.8. The van der Waals surface area contributed by atoms with E-state index in [1.165, 1.54) is 37.3 Å². The normalized spacial score (nSPS) is 11.9. The summed E-state index contributed by atoms with van der Waals surface area (Å²) < 4.78 is 46.8. The molecule has 1 N–H and O–H groups in total. The molecule has 0 aromatic heterocycles. The van der Waals surface area contributed by atoms with Crippen molar-refractivity contribution in [2.75, 3.05) is 31.3 Å². The molecule has 38 heavy (non-hydrogen) atoms. The first-order valence-electron chi connectivity index (χ1n) is 12.0. The maximum Gasteiger partial charge on any atom is 0.244 e. The van der Waals surface area contributed by atoms with Gasteiger partial charge in [-0.1, -0.05) is 54.6 Å². The van der Waals surface area contributed by atoms with Gasteiger partial charge in [-0.25, -0.2) is 12.8 Å². The van der Waals surface area contributed by atoms with Gasteiger partial charge >= 0.3 is 0 Å². The first-order chi connectivity index (χ1) is 18.0. The number of hydrogen-bond donors (Lipinski definition) is 1. The molecule has 0 fully saturated rings. The third-order valence-corrected chi connectivity index (χ3v) is 7.22. The molecule has 0 unspecified atom stereocenters. The Bertz CT molecular complexity index is 1380. The molecule has 0 bridgehead atoms. The van der Waals surface area contributed by atoms with E-state index in [2.05, 4.69) is 5.32 Å². The third kappa shape index (κ3) is 7.10. The van der Waals surface area contributed by atoms with Crippen molar-refractivity contribution in [3.8, 4) is 5.75 Å². The summed E-state index contributed by atoms with van der Waals surface area (Å²) in [6, 6.07) is 19.0. The molecule has 0 saturated heterocycles. The van der Waals surface area contributed by atoms with Crippen molar-refractivity contribution >= 4 is 27.5 Å². The molecular weight excluding hydrogens is 509 g/mol. The van der Waals surface area contributed by atoms with Gasteiger partial charge in [-0.15, -0.1) is 0 Å². The second kappa shape index (κ2) is 12.6. The predicted octanol–water partition coefficient (Wildman–Crippen LogP) is 3.29. The van der Waals surface area contributed by atoms with Crippen LogP contribution in [0.15, 0.2) is 72.8 Å². The molecule has 0 aliphatic carbocycles. The number of nitrogens with zero attached hydrogens (tertiary/aromatic N) is 2. The van der Waals surface area contributed by atoms with E-state index in [1.807, 2.05) is 30.3 Å². The minimum absolute atomic E-state index is 0.146. The number of halogens is 1. The van der Waals surface area contributed by atoms with Crippen LogP contribution in [0.4, 0.5) is 10.1 Å². The maximum absolute atomic E-state index is 14.7. The number of ether oxygens (including phenoxy) is 1. The van der Waals surface area contributed by atoms with E-state index in [0.29, 0.717) is 0 Å². The summed E-state index contributed by atoms with van der Waals surface area (Å²) in [5.74, 6) is -1.41. The quantitative estimate of drug-likeness (QED) is 0.402. The molecular formula is C28H32FN3O5S. The highest BCUT2D eigenvalue weighted by Crippen LogP contribution is 2.31. The van der Waals surface area contributed by atoms with Crippen LogP contribution < -0.4 is 14.4 Å². The monoisotopic (exact) mass is 541 g/mol. The maximum atomic E-state index is 14.7. The number of rotatable bonds is 11. The summed E-state index contributed by atoms with van der Waals surface area (Å²) in [7, 11) is -1.10. The molecule has 2 amide bonds. The predicted molar refractivity (Wildman–Crippen MR) is 145 cm³/mol. The van der Waals surface area contributed by atoms with Crippen LogP contribution in [0.1, 0.15) is 16.7 Å². The van der Waals surface area contributed by atoms with E-state index >= 15 is 0 Å². The van der Waals surface area contributed by atoms with Crippen molar-refractivity contribution < 1.29 is 27.1 Å². The van der Waals surface area contributed by atoms with E-state index < -0.39 is 40.2 Å². The number of carbonyl (C=O) groups is 2. The lowest BCUT2D eigenvalue weighted by Gasteiger charge is -2.33. The largest absolute Gasteiger partial charge is 0.495 e. The molecule has 0 heterocycles. The molecule has 3 aromatic rings. The van der Waals surface area contributed by atoms with Crippen molar-refractivity contribution in [1.82, 2.24) is 10.2 Å². The number of amides is 2. The molecule has 0 radical (unpaired) electrons. The average molecular weight is 542 g/mol. The van der Waals surface area contributed by atoms with E-state index in [4.69, 9.17) is 4.74 Å². The van der Waals surface area contributed by atoms with Gasteiger partial charge in [0.2, 0.25) is 21.8 Å². The minimum Gasteiger partial charge on any atom is -0.495 e. The highest BCUT2D eigenvalue weighted by Gasteiger charge is 2.33. The number of sulfonamides is 1. The van der Waals surface area contributed by atoms with Crippen LogP contribution in [-0.4, -0.2) is 58.1 Å². The zero-order chi connectivity index (χ0) is 27.9. The molecule has 10 heteroatoms. The molecule has 3 aromatic carbocycles. The number of aryl methyl sites for hydroxylation is 1. The van der Waals surface area contributed by atoms with Gasteiger partial charge in [0.05, 0.1) is 19.1 Å². The molecule has 0 saturated carbocycles. The van der Waals surface area contributed by atoms with Gasteiger partial charge in [0.25, 0.3) is 0 Å². The Labute approximate surface area is 223 Å². The van der Waals surface area contributed by atoms with Gasteiger partial charge < -0.3 is 15.0 Å². The first kappa shape index (κ1) is 28.6. The number of carbonyl (C=O) groups excluding carboxylic acids is 2. The van der Waals surface area contributed by atoms with Crippen LogP contribution in [0.5, 0.6) is 5.75 Å². The second-order valence-electron chi connectivity index (χ2n) is 8.88. The zero-order valence-electron chi connectivity index (χ0n) is 21.8. The van der Waals surface area contributed by atoms with Crippen LogP contribution in [0.2, 0.25) is 0 Å². The lowest BCUT2D eigenvalue weighted by atomic mass is 10.0. The summed E-state index contributed by atoms with van der Waals surface area (Å²) in [5.41, 5.74) is 1.93. The van der Waals surface area contributed by atoms with Gasteiger partial charge in [-0.2, -0.15) is 0 Å². The van der Waals surface area contributed by atoms with Crippen LogP contribution in [0, 0.1) is 12.7 Å². The SMILES string of the molecule is CNC(=O)[C@H](Cc1ccccc1)N(Cc1ccccc1F)C(=O)CN(c1cc(C)ccc1OC)S(C)(=O)=O. The van der Waals surface area contributed by atoms with Crippen molar-refractivity contribution in [3.63, 3.8) is 0 Å². The molecule has 8 nitrogen and oxygen atoms in total. The fourth-order valence-electron chi connectivity index (χ4n) is 4.12. The highest BCUT2D eigenvalue weighted by molar-refractivity contribution is 7.92. The molecule has 1 atom stereocenters. The Morgan fingerprint density at radius 1 is 1.03 bits per heavy atom. The van der Waals surface area contributed by atoms with Gasteiger partial charge in [0, 0.05) is 25.6 Å². The van der Waals surface area contributed by atoms with E-state index in [0.717, 1.165) is 21.7 Å². The summed E-state index contributed by atoms with van der Waals surface area (Å²) >= 11 is 0. The van der Waals surface area contributed by atoms with Crippen LogP contribution >= 0.6 is 0 Å². The zero-order valence-corrected chi connectivity index (χ0v) is 22.7. The fraction of sp³-hybridized carbons (Fsp3) is 0.286. The smallest absolute Gasteiger partial charge is 0.244 e. The Kier molecular flexibility index (Phi) is 9.46. The number of benzene rings is 3. The van der Waals surface area contributed by atoms with Crippen molar-refractivity contribution in [2.45, 2.75) is 25.9 Å². The Morgan fingerprint density at radius 3 is 2.29 bits per heavy atom. The van der Waals surface area contributed by atoms with Crippen LogP contribution in [0.25, 0.3) is 0 Å². The molecule has 0 spiro atoms. The van der Waals surface area contributed by atoms with Gasteiger partial charge in [-0.05, 0) is 36.2 Å². The Hall–Kier alpha value is -3.92. The number of hydrogen-bond acceptors (Lipinski definition) is 5. The third-order valence-electron chi connectivity index (χ3n) is 6.10. The topological polar surface area (TPSA) is 96.0 Å². The molecule has 3 rings (SSSR count). The number of anilines is 1. The number of likely N-dealkylation sites (N-methyl/N-ethyl adjacent to an activating group) is 1. The van der Waals surface area contributed by atoms with Crippen LogP contribution in [0.3, 0.4) is 0 Å². The van der Waals surface area contributed by atoms with Crippen LogP contribution in [-0.2, 0) is 32.6 Å². The standard InChI is InChI=1S/C28H32FN3O5S/c1-20-14-15-26(37-3)24(16-20)32(38(4,35)36)19-27(33)31(18-22-12-8-9-13-23(22)29)25(28(34)30-2)17-21-10-6-5-7-11-21/h5-16,25H,17-19H2,1-4H3,(H,30,34)/t25-/m0/s1. The first-order valence-corrected chi connectivity index (χ1v) is 13.8. The Balaban J connectivity index is 2.08. The van der Waals surface area contributed by atoms with Gasteiger partial charge in [0.1, 0.15) is 24.2 Å². The average Bonchev–Trinajstić information content (AvgIpc) is 2.89. The molecule has 202 valence electrons. The van der Waals surface area contributed by atoms with E-state index in [-0.39, 0.29) is 30.0 Å². The van der Waals surface area contributed by atoms with Crippen molar-refractivity contribution in [2.24, 2.45) is 0 Å². The van der Waals surface area contributed by atoms with E-state index in [9.17, 15) is 22.4 Å². The number of methoxy groups -OCH3 is 1. The highest BCUT2D eigenvalue weighted by atomic mass is 32.2. The van der Waals surface area contributed by atoms with E-state index in [1.54, 1.807) is 31.2 Å². The minimum atomic E-state index is -3.96. The van der Waals surface area contributed by atoms with Crippen molar-refractivity contribution in [3.05, 3.63) is 95.3 Å². The summed E-state index contributed by atoms with van der Waals surface area (Å²) in [6.45, 7) is 0.936. The molecule has 0 aliphatic heterocycles. The summed E-state index contributed by atoms with van der Waals surface area (Å²) in [5, 5.41) is 2.58. The lowest BCUT2D eigenvalue weighted by molar-refractivity contribution is -0.139. The van der Waals surface area contributed by atoms with Crippen molar-refractivity contribution in [1.29, 1.82) is 0 Å². The summed E-state index contributed by atoms with van der Waals surface area (Å²) in [4.78, 5) is 28.2. The lowest BCUT2D eigenvalue weighted by Crippen LogP contribution is -2.53. The molecule has 0 aliphatic rings.